The average molecular weight is 399 g/mol. The number of nitrogens with one attached hydrogen (secondary N) is 1. The van der Waals surface area contributed by atoms with Gasteiger partial charge in [0, 0.05) is 19.0 Å². The van der Waals surface area contributed by atoms with E-state index in [0.29, 0.717) is 29.3 Å². The highest BCUT2D eigenvalue weighted by Gasteiger charge is 2.15. The summed E-state index contributed by atoms with van der Waals surface area (Å²) in [5.41, 5.74) is 0.340. The second-order valence-corrected chi connectivity index (χ2v) is 6.94. The van der Waals surface area contributed by atoms with Gasteiger partial charge in [0.1, 0.15) is 23.2 Å². The number of hydrogen-bond donors (Lipinski definition) is 1. The summed E-state index contributed by atoms with van der Waals surface area (Å²) in [6.07, 6.45) is 3.81. The molecule has 0 spiro atoms. The quantitative estimate of drug-likeness (QED) is 0.730. The summed E-state index contributed by atoms with van der Waals surface area (Å²) >= 11 is 0. The minimum atomic E-state index is -0.871. The van der Waals surface area contributed by atoms with Crippen molar-refractivity contribution < 1.29 is 18.3 Å². The van der Waals surface area contributed by atoms with Crippen LogP contribution in [-0.2, 0) is 17.8 Å². The average Bonchev–Trinajstić information content (AvgIpc) is 2.95. The Balaban J connectivity index is 1.50. The van der Waals surface area contributed by atoms with Crippen LogP contribution in [0.4, 0.5) is 14.5 Å². The Bertz CT molecular complexity index is 1140. The molecular formula is C21H19F2N3O3. The van der Waals surface area contributed by atoms with Crippen LogP contribution in [0, 0.1) is 11.6 Å². The van der Waals surface area contributed by atoms with Gasteiger partial charge in [-0.15, -0.1) is 0 Å². The van der Waals surface area contributed by atoms with Gasteiger partial charge in [0.25, 0.3) is 11.5 Å². The number of benzene rings is 2. The lowest BCUT2D eigenvalue weighted by molar-refractivity contribution is -0.118. The first kappa shape index (κ1) is 19.0. The molecule has 1 aromatic heterocycles. The lowest BCUT2D eigenvalue weighted by Gasteiger charge is -2.12. The Labute approximate surface area is 165 Å². The Hall–Kier alpha value is -3.29. The molecule has 1 amide bonds. The maximum atomic E-state index is 13.6. The van der Waals surface area contributed by atoms with Crippen LogP contribution in [0.1, 0.15) is 25.1 Å². The molecule has 2 aromatic carbocycles. The molecule has 3 aromatic rings. The van der Waals surface area contributed by atoms with Crippen molar-refractivity contribution in [3.05, 3.63) is 64.2 Å². The number of ether oxygens (including phenoxy) is 1. The largest absolute Gasteiger partial charge is 0.484 e. The zero-order chi connectivity index (χ0) is 20.4. The lowest BCUT2D eigenvalue weighted by atomic mass is 10.2. The van der Waals surface area contributed by atoms with E-state index in [1.165, 1.54) is 0 Å². The van der Waals surface area contributed by atoms with Crippen molar-refractivity contribution in [3.8, 4) is 5.75 Å². The van der Waals surface area contributed by atoms with Gasteiger partial charge in [-0.25, -0.2) is 13.8 Å². The molecule has 2 heterocycles. The van der Waals surface area contributed by atoms with E-state index in [2.05, 4.69) is 10.3 Å². The summed E-state index contributed by atoms with van der Waals surface area (Å²) in [6, 6.07) is 7.75. The maximum Gasteiger partial charge on any atom is 0.262 e. The Morgan fingerprint density at radius 2 is 2.00 bits per heavy atom. The van der Waals surface area contributed by atoms with Gasteiger partial charge < -0.3 is 10.1 Å². The van der Waals surface area contributed by atoms with Crippen molar-refractivity contribution in [2.75, 3.05) is 11.9 Å². The van der Waals surface area contributed by atoms with Crippen molar-refractivity contribution in [1.82, 2.24) is 9.55 Å². The fourth-order valence-electron chi connectivity index (χ4n) is 3.41. The topological polar surface area (TPSA) is 73.2 Å². The van der Waals surface area contributed by atoms with Gasteiger partial charge in [0.15, 0.2) is 6.61 Å². The van der Waals surface area contributed by atoms with Gasteiger partial charge in [0.2, 0.25) is 0 Å². The molecule has 1 aliphatic rings. The minimum absolute atomic E-state index is 0.116. The predicted molar refractivity (Wildman–Crippen MR) is 104 cm³/mol. The molecule has 8 heteroatoms. The summed E-state index contributed by atoms with van der Waals surface area (Å²) in [7, 11) is 0. The van der Waals surface area contributed by atoms with E-state index in [1.54, 1.807) is 22.8 Å². The van der Waals surface area contributed by atoms with E-state index in [0.717, 1.165) is 43.6 Å². The van der Waals surface area contributed by atoms with Gasteiger partial charge in [0.05, 0.1) is 16.6 Å². The minimum Gasteiger partial charge on any atom is -0.484 e. The van der Waals surface area contributed by atoms with E-state index in [4.69, 9.17) is 4.74 Å². The molecule has 0 fully saturated rings. The molecule has 0 bridgehead atoms. The van der Waals surface area contributed by atoms with Crippen LogP contribution >= 0.6 is 0 Å². The van der Waals surface area contributed by atoms with Gasteiger partial charge >= 0.3 is 0 Å². The SMILES string of the molecule is O=C(COc1ccc2nc3n(c(=O)c2c1)CCCCC3)Nc1ccc(F)cc1F. The van der Waals surface area contributed by atoms with Crippen molar-refractivity contribution in [2.24, 2.45) is 0 Å². The fraction of sp³-hybridized carbons (Fsp3) is 0.286. The van der Waals surface area contributed by atoms with E-state index >= 15 is 0 Å². The van der Waals surface area contributed by atoms with E-state index in [-0.39, 0.29) is 17.9 Å². The fourth-order valence-corrected chi connectivity index (χ4v) is 3.41. The van der Waals surface area contributed by atoms with Crippen LogP contribution in [0.25, 0.3) is 10.9 Å². The maximum absolute atomic E-state index is 13.6. The number of carbonyl (C=O) groups is 1. The number of carbonyl (C=O) groups excluding carboxylic acids is 1. The number of anilines is 1. The third-order valence-corrected chi connectivity index (χ3v) is 4.86. The molecule has 0 saturated carbocycles. The van der Waals surface area contributed by atoms with Crippen LogP contribution < -0.4 is 15.6 Å². The number of halogens is 2. The first-order valence-electron chi connectivity index (χ1n) is 9.42. The highest BCUT2D eigenvalue weighted by atomic mass is 19.1. The Morgan fingerprint density at radius 1 is 1.14 bits per heavy atom. The number of nitrogens with zero attached hydrogens (tertiary/aromatic N) is 2. The number of amides is 1. The standard InChI is InChI=1S/C21H19F2N3O3/c22-13-5-7-18(16(23)10-13)25-20(27)12-29-14-6-8-17-15(11-14)21(28)26-9-3-1-2-4-19(26)24-17/h5-8,10-11H,1-4,9,12H2,(H,25,27). The highest BCUT2D eigenvalue weighted by Crippen LogP contribution is 2.20. The molecule has 0 aliphatic carbocycles. The predicted octanol–water partition coefficient (Wildman–Crippen LogP) is 3.42. The number of rotatable bonds is 4. The normalized spacial score (nSPS) is 13.6. The van der Waals surface area contributed by atoms with E-state index < -0.39 is 17.5 Å². The second kappa shape index (κ2) is 7.98. The first-order chi connectivity index (χ1) is 14.0. The van der Waals surface area contributed by atoms with Crippen LogP contribution in [0.3, 0.4) is 0 Å². The molecule has 150 valence electrons. The number of aryl methyl sites for hydroxylation is 1. The summed E-state index contributed by atoms with van der Waals surface area (Å²) in [4.78, 5) is 29.4. The van der Waals surface area contributed by atoms with Crippen LogP contribution in [-0.4, -0.2) is 22.1 Å². The molecule has 4 rings (SSSR count). The van der Waals surface area contributed by atoms with Crippen LogP contribution in [0.2, 0.25) is 0 Å². The molecule has 0 unspecified atom stereocenters. The molecule has 1 aliphatic heterocycles. The zero-order valence-electron chi connectivity index (χ0n) is 15.6. The first-order valence-corrected chi connectivity index (χ1v) is 9.42. The van der Waals surface area contributed by atoms with Gasteiger partial charge in [-0.3, -0.25) is 14.2 Å². The van der Waals surface area contributed by atoms with Crippen molar-refractivity contribution in [1.29, 1.82) is 0 Å². The summed E-state index contributed by atoms with van der Waals surface area (Å²) in [5, 5.41) is 2.75. The Morgan fingerprint density at radius 3 is 2.83 bits per heavy atom. The molecule has 0 radical (unpaired) electrons. The lowest BCUT2D eigenvalue weighted by Crippen LogP contribution is -2.24. The monoisotopic (exact) mass is 399 g/mol. The van der Waals surface area contributed by atoms with Crippen molar-refractivity contribution in [3.63, 3.8) is 0 Å². The molecule has 0 atom stereocenters. The number of aromatic nitrogens is 2. The summed E-state index contributed by atoms with van der Waals surface area (Å²) in [5.74, 6) is -1.07. The molecule has 29 heavy (non-hydrogen) atoms. The molecule has 6 nitrogen and oxygen atoms in total. The van der Waals surface area contributed by atoms with Crippen LogP contribution in [0.15, 0.2) is 41.2 Å². The Kier molecular flexibility index (Phi) is 5.24. The number of hydrogen-bond acceptors (Lipinski definition) is 4. The van der Waals surface area contributed by atoms with Gasteiger partial charge in [-0.05, 0) is 43.2 Å². The summed E-state index contributed by atoms with van der Waals surface area (Å²) in [6.45, 7) is 0.260. The molecule has 0 saturated heterocycles. The summed E-state index contributed by atoms with van der Waals surface area (Å²) < 4.78 is 33.7. The third kappa shape index (κ3) is 4.11. The van der Waals surface area contributed by atoms with Crippen molar-refractivity contribution >= 4 is 22.5 Å². The molecule has 1 N–H and O–H groups in total. The van der Waals surface area contributed by atoms with Crippen molar-refractivity contribution in [2.45, 2.75) is 32.2 Å². The smallest absolute Gasteiger partial charge is 0.262 e. The van der Waals surface area contributed by atoms with E-state index in [9.17, 15) is 18.4 Å². The second-order valence-electron chi connectivity index (χ2n) is 6.94. The number of fused-ring (bicyclic) bond motifs is 2. The zero-order valence-corrected chi connectivity index (χ0v) is 15.6. The van der Waals surface area contributed by atoms with Gasteiger partial charge in [-0.1, -0.05) is 6.42 Å². The van der Waals surface area contributed by atoms with Crippen LogP contribution in [0.5, 0.6) is 5.75 Å². The third-order valence-electron chi connectivity index (χ3n) is 4.86. The highest BCUT2D eigenvalue weighted by molar-refractivity contribution is 5.92. The van der Waals surface area contributed by atoms with E-state index in [1.807, 2.05) is 0 Å². The molecular weight excluding hydrogens is 380 g/mol. The van der Waals surface area contributed by atoms with Gasteiger partial charge in [-0.2, -0.15) is 0 Å².